The molecule has 2 amide bonds. The number of anilines is 1. The van der Waals surface area contributed by atoms with E-state index in [9.17, 15) is 9.59 Å². The number of amides is 2. The van der Waals surface area contributed by atoms with E-state index in [1.54, 1.807) is 0 Å². The molecule has 2 atom stereocenters. The van der Waals surface area contributed by atoms with Crippen molar-refractivity contribution in [1.29, 1.82) is 0 Å². The van der Waals surface area contributed by atoms with Crippen molar-refractivity contribution in [2.24, 2.45) is 0 Å². The molecule has 1 aromatic carbocycles. The molecule has 1 aromatic rings. The molecule has 0 bridgehead atoms. The third-order valence-corrected chi connectivity index (χ3v) is 5.13. The molecule has 1 unspecified atom stereocenters. The smallest absolute Gasteiger partial charge is 0.237 e. The molecule has 1 fully saturated rings. The van der Waals surface area contributed by atoms with Gasteiger partial charge in [0.1, 0.15) is 11.9 Å². The van der Waals surface area contributed by atoms with Crippen LogP contribution in [0.25, 0.3) is 0 Å². The molecular weight excluding hydrogens is 306 g/mol. The maximum Gasteiger partial charge on any atom is 0.237 e. The van der Waals surface area contributed by atoms with E-state index >= 15 is 0 Å². The monoisotopic (exact) mass is 329 g/mol. The molecule has 3 aliphatic rings. The Balaban J connectivity index is 1.44. The Labute approximate surface area is 141 Å². The largest absolute Gasteiger partial charge is 0.488 e. The molecule has 0 aliphatic carbocycles. The number of rotatable bonds is 3. The molecule has 6 nitrogen and oxygen atoms in total. The molecular formula is C18H23N3O3. The zero-order valence-electron chi connectivity index (χ0n) is 13.9. The third kappa shape index (κ3) is 2.75. The highest BCUT2D eigenvalue weighted by atomic mass is 16.5. The summed E-state index contributed by atoms with van der Waals surface area (Å²) in [6.45, 7) is 3.46. The van der Waals surface area contributed by atoms with Gasteiger partial charge in [0.15, 0.2) is 0 Å². The van der Waals surface area contributed by atoms with Crippen LogP contribution in [0.2, 0.25) is 0 Å². The average molecular weight is 329 g/mol. The Morgan fingerprint density at radius 2 is 2.29 bits per heavy atom. The summed E-state index contributed by atoms with van der Waals surface area (Å²) in [6, 6.07) is 2.04. The summed E-state index contributed by atoms with van der Waals surface area (Å²) in [5, 5.41) is 9.18. The number of hydrogen-bond acceptors (Lipinski definition) is 4. The first-order valence-corrected chi connectivity index (χ1v) is 8.75. The maximum absolute atomic E-state index is 12.1. The third-order valence-electron chi connectivity index (χ3n) is 5.13. The van der Waals surface area contributed by atoms with E-state index in [-0.39, 0.29) is 24.0 Å². The number of benzene rings is 1. The molecule has 3 aliphatic heterocycles. The summed E-state index contributed by atoms with van der Waals surface area (Å²) in [7, 11) is 0. The van der Waals surface area contributed by atoms with Crippen LogP contribution in [0.4, 0.5) is 5.69 Å². The number of carbonyl (C=O) groups is 2. The highest BCUT2D eigenvalue weighted by Crippen LogP contribution is 2.41. The second-order valence-electron chi connectivity index (χ2n) is 6.92. The number of carbonyl (C=O) groups excluding carboxylic acids is 2. The second kappa shape index (κ2) is 6.09. The topological polar surface area (TPSA) is 79.5 Å². The zero-order valence-corrected chi connectivity index (χ0v) is 13.9. The molecule has 3 N–H and O–H groups in total. The fourth-order valence-electron chi connectivity index (χ4n) is 3.91. The van der Waals surface area contributed by atoms with E-state index < -0.39 is 0 Å². The SMILES string of the molecule is Cc1cc2c(c3c1NC(=O)CC3)OC(CNC(=O)[C@@H]1CCCN1)C2. The van der Waals surface area contributed by atoms with Crippen LogP contribution in [-0.4, -0.2) is 37.0 Å². The number of nitrogens with one attached hydrogen (secondary N) is 3. The van der Waals surface area contributed by atoms with Gasteiger partial charge in [0.2, 0.25) is 11.8 Å². The van der Waals surface area contributed by atoms with Gasteiger partial charge in [0.05, 0.1) is 18.3 Å². The lowest BCUT2D eigenvalue weighted by molar-refractivity contribution is -0.123. The van der Waals surface area contributed by atoms with Crippen LogP contribution in [0.3, 0.4) is 0 Å². The van der Waals surface area contributed by atoms with Crippen LogP contribution < -0.4 is 20.7 Å². The first kappa shape index (κ1) is 15.4. The minimum absolute atomic E-state index is 0.0334. The van der Waals surface area contributed by atoms with Gasteiger partial charge in [-0.3, -0.25) is 9.59 Å². The maximum atomic E-state index is 12.1. The Morgan fingerprint density at radius 3 is 3.08 bits per heavy atom. The summed E-state index contributed by atoms with van der Waals surface area (Å²) >= 11 is 0. The minimum Gasteiger partial charge on any atom is -0.488 e. The van der Waals surface area contributed by atoms with E-state index in [4.69, 9.17) is 4.74 Å². The van der Waals surface area contributed by atoms with Gasteiger partial charge in [0, 0.05) is 18.4 Å². The molecule has 0 aromatic heterocycles. The van der Waals surface area contributed by atoms with E-state index in [1.165, 1.54) is 5.56 Å². The van der Waals surface area contributed by atoms with Crippen molar-refractivity contribution < 1.29 is 14.3 Å². The number of aryl methyl sites for hydroxylation is 1. The van der Waals surface area contributed by atoms with Crippen LogP contribution in [0.15, 0.2) is 6.07 Å². The lowest BCUT2D eigenvalue weighted by atomic mass is 9.94. The quantitative estimate of drug-likeness (QED) is 0.774. The first-order chi connectivity index (χ1) is 11.6. The van der Waals surface area contributed by atoms with Gasteiger partial charge in [-0.15, -0.1) is 0 Å². The van der Waals surface area contributed by atoms with Crippen LogP contribution >= 0.6 is 0 Å². The summed E-state index contributed by atoms with van der Waals surface area (Å²) in [5.74, 6) is 1.04. The van der Waals surface area contributed by atoms with Crippen LogP contribution in [-0.2, 0) is 22.4 Å². The number of fused-ring (bicyclic) bond motifs is 3. The fourth-order valence-corrected chi connectivity index (χ4v) is 3.91. The van der Waals surface area contributed by atoms with Crippen molar-refractivity contribution in [3.05, 3.63) is 22.8 Å². The Hall–Kier alpha value is -2.08. The van der Waals surface area contributed by atoms with Gasteiger partial charge >= 0.3 is 0 Å². The Bertz CT molecular complexity index is 695. The predicted molar refractivity (Wildman–Crippen MR) is 90.3 cm³/mol. The summed E-state index contributed by atoms with van der Waals surface area (Å²) < 4.78 is 6.12. The Morgan fingerprint density at radius 1 is 1.42 bits per heavy atom. The van der Waals surface area contributed by atoms with E-state index in [0.29, 0.717) is 13.0 Å². The first-order valence-electron chi connectivity index (χ1n) is 8.75. The van der Waals surface area contributed by atoms with Crippen LogP contribution in [0.5, 0.6) is 5.75 Å². The van der Waals surface area contributed by atoms with Crippen molar-refractivity contribution in [2.75, 3.05) is 18.4 Å². The summed E-state index contributed by atoms with van der Waals surface area (Å²) in [4.78, 5) is 23.8. The normalized spacial score (nSPS) is 24.8. The minimum atomic E-state index is -0.0565. The molecule has 24 heavy (non-hydrogen) atoms. The summed E-state index contributed by atoms with van der Waals surface area (Å²) in [6.07, 6.45) is 3.95. The van der Waals surface area contributed by atoms with Crippen molar-refractivity contribution in [3.8, 4) is 5.75 Å². The molecule has 4 rings (SSSR count). The van der Waals surface area contributed by atoms with Gasteiger partial charge < -0.3 is 20.7 Å². The van der Waals surface area contributed by atoms with Crippen LogP contribution in [0, 0.1) is 6.92 Å². The molecule has 1 saturated heterocycles. The standard InChI is InChI=1S/C18H23N3O3/c1-10-7-11-8-12(9-20-18(23)14-3-2-6-19-14)24-17(11)13-4-5-15(22)21-16(10)13/h7,12,14,19H,2-6,8-9H2,1H3,(H,20,23)(H,21,22)/t12?,14-/m0/s1. The average Bonchev–Trinajstić information content (AvgIpc) is 3.22. The number of ether oxygens (including phenoxy) is 1. The highest BCUT2D eigenvalue weighted by Gasteiger charge is 2.31. The second-order valence-corrected chi connectivity index (χ2v) is 6.92. The molecule has 128 valence electrons. The Kier molecular flexibility index (Phi) is 3.92. The molecule has 6 heteroatoms. The van der Waals surface area contributed by atoms with Crippen molar-refractivity contribution in [3.63, 3.8) is 0 Å². The van der Waals surface area contributed by atoms with E-state index in [1.807, 2.05) is 6.92 Å². The zero-order chi connectivity index (χ0) is 16.7. The lowest BCUT2D eigenvalue weighted by Gasteiger charge is -2.22. The van der Waals surface area contributed by atoms with Gasteiger partial charge in [-0.2, -0.15) is 0 Å². The van der Waals surface area contributed by atoms with Crippen molar-refractivity contribution in [1.82, 2.24) is 10.6 Å². The predicted octanol–water partition coefficient (Wildman–Crippen LogP) is 1.05. The lowest BCUT2D eigenvalue weighted by Crippen LogP contribution is -2.44. The van der Waals surface area contributed by atoms with E-state index in [2.05, 4.69) is 22.0 Å². The molecule has 3 heterocycles. The molecule has 0 spiro atoms. The van der Waals surface area contributed by atoms with Crippen LogP contribution in [0.1, 0.15) is 36.0 Å². The molecule has 0 radical (unpaired) electrons. The fraction of sp³-hybridized carbons (Fsp3) is 0.556. The van der Waals surface area contributed by atoms with Gasteiger partial charge in [-0.25, -0.2) is 0 Å². The van der Waals surface area contributed by atoms with E-state index in [0.717, 1.165) is 54.8 Å². The van der Waals surface area contributed by atoms with Crippen molar-refractivity contribution >= 4 is 17.5 Å². The van der Waals surface area contributed by atoms with Gasteiger partial charge in [0.25, 0.3) is 0 Å². The van der Waals surface area contributed by atoms with Crippen molar-refractivity contribution in [2.45, 2.75) is 51.2 Å². The summed E-state index contributed by atoms with van der Waals surface area (Å²) in [5.41, 5.74) is 4.28. The van der Waals surface area contributed by atoms with Gasteiger partial charge in [-0.1, -0.05) is 6.07 Å². The molecule has 0 saturated carbocycles. The highest BCUT2D eigenvalue weighted by molar-refractivity contribution is 5.95. The number of hydrogen-bond donors (Lipinski definition) is 3. The van der Waals surface area contributed by atoms with Gasteiger partial charge in [-0.05, 0) is 43.9 Å².